The van der Waals surface area contributed by atoms with Gasteiger partial charge in [-0.3, -0.25) is 4.79 Å². The predicted octanol–water partition coefficient (Wildman–Crippen LogP) is 0.475. The summed E-state index contributed by atoms with van der Waals surface area (Å²) in [5, 5.41) is 5.56. The van der Waals surface area contributed by atoms with E-state index in [1.54, 1.807) is 25.2 Å². The average Bonchev–Trinajstić information content (AvgIpc) is 2.34. The van der Waals surface area contributed by atoms with Crippen molar-refractivity contribution in [2.24, 2.45) is 0 Å². The average molecular weight is 285 g/mol. The van der Waals surface area contributed by atoms with Crippen molar-refractivity contribution in [3.8, 4) is 0 Å². The lowest BCUT2D eigenvalue weighted by atomic mass is 10.1. The van der Waals surface area contributed by atoms with Crippen molar-refractivity contribution in [1.29, 1.82) is 0 Å². The highest BCUT2D eigenvalue weighted by Gasteiger charge is 2.07. The van der Waals surface area contributed by atoms with Gasteiger partial charge < -0.3 is 16.4 Å². The first-order chi connectivity index (χ1) is 8.83. The van der Waals surface area contributed by atoms with Gasteiger partial charge in [0.1, 0.15) is 9.84 Å². The Balaban J connectivity index is 2.65. The van der Waals surface area contributed by atoms with Gasteiger partial charge in [-0.1, -0.05) is 0 Å². The van der Waals surface area contributed by atoms with Gasteiger partial charge >= 0.3 is 0 Å². The van der Waals surface area contributed by atoms with E-state index in [-0.39, 0.29) is 11.7 Å². The number of carbonyl (C=O) groups excluding carboxylic acids is 1. The van der Waals surface area contributed by atoms with Gasteiger partial charge in [-0.25, -0.2) is 8.42 Å². The summed E-state index contributed by atoms with van der Waals surface area (Å²) >= 11 is 0. The molecule has 1 rings (SSSR count). The molecule has 0 bridgehead atoms. The Labute approximate surface area is 113 Å². The lowest BCUT2D eigenvalue weighted by Crippen LogP contribution is -2.18. The lowest BCUT2D eigenvalue weighted by Gasteiger charge is -2.10. The molecule has 19 heavy (non-hydrogen) atoms. The zero-order valence-electron chi connectivity index (χ0n) is 11.1. The molecule has 0 unspecified atom stereocenters. The van der Waals surface area contributed by atoms with Crippen LogP contribution in [0, 0.1) is 0 Å². The third kappa shape index (κ3) is 5.17. The van der Waals surface area contributed by atoms with Gasteiger partial charge in [-0.05, 0) is 24.6 Å². The summed E-state index contributed by atoms with van der Waals surface area (Å²) in [4.78, 5) is 11.5. The molecule has 0 saturated heterocycles. The standard InChI is InChI=1S/C12H19N3O3S/c1-14-12(16)9-4-5-10(13)11(8-9)15-6-3-7-19(2,17)18/h4-5,8,15H,3,6-7,13H2,1-2H3,(H,14,16). The van der Waals surface area contributed by atoms with Crippen LogP contribution in [-0.2, 0) is 9.84 Å². The molecule has 0 heterocycles. The number of sulfone groups is 1. The maximum absolute atomic E-state index is 11.5. The molecule has 0 aliphatic heterocycles. The molecule has 0 aliphatic rings. The van der Waals surface area contributed by atoms with Crippen LogP contribution in [0.25, 0.3) is 0 Å². The van der Waals surface area contributed by atoms with Crippen LogP contribution in [0.15, 0.2) is 18.2 Å². The number of nitrogen functional groups attached to an aromatic ring is 1. The van der Waals surface area contributed by atoms with Crippen molar-refractivity contribution in [3.05, 3.63) is 23.8 Å². The molecule has 1 aromatic rings. The zero-order chi connectivity index (χ0) is 14.5. The number of hydrogen-bond acceptors (Lipinski definition) is 5. The van der Waals surface area contributed by atoms with Crippen LogP contribution in [0.4, 0.5) is 11.4 Å². The normalized spacial score (nSPS) is 11.1. The van der Waals surface area contributed by atoms with Crippen LogP contribution in [-0.4, -0.2) is 39.9 Å². The monoisotopic (exact) mass is 285 g/mol. The number of anilines is 2. The van der Waals surface area contributed by atoms with Crippen LogP contribution in [0.1, 0.15) is 16.8 Å². The van der Waals surface area contributed by atoms with Gasteiger partial charge in [-0.15, -0.1) is 0 Å². The quantitative estimate of drug-likeness (QED) is 0.521. The molecular formula is C12H19N3O3S. The smallest absolute Gasteiger partial charge is 0.251 e. The predicted molar refractivity (Wildman–Crippen MR) is 77.1 cm³/mol. The van der Waals surface area contributed by atoms with Crippen molar-refractivity contribution >= 4 is 27.1 Å². The fraction of sp³-hybridized carbons (Fsp3) is 0.417. The molecule has 0 atom stereocenters. The SMILES string of the molecule is CNC(=O)c1ccc(N)c(NCCCS(C)(=O)=O)c1. The number of carbonyl (C=O) groups is 1. The second kappa shape index (κ2) is 6.42. The number of benzene rings is 1. The van der Waals surface area contributed by atoms with Gasteiger partial charge in [0.15, 0.2) is 0 Å². The van der Waals surface area contributed by atoms with E-state index in [0.717, 1.165) is 0 Å². The lowest BCUT2D eigenvalue weighted by molar-refractivity contribution is 0.0963. The van der Waals surface area contributed by atoms with Gasteiger partial charge in [0.05, 0.1) is 17.1 Å². The van der Waals surface area contributed by atoms with Crippen LogP contribution in [0.5, 0.6) is 0 Å². The minimum Gasteiger partial charge on any atom is -0.397 e. The fourth-order valence-corrected chi connectivity index (χ4v) is 2.22. The van der Waals surface area contributed by atoms with E-state index in [9.17, 15) is 13.2 Å². The van der Waals surface area contributed by atoms with Crippen molar-refractivity contribution in [1.82, 2.24) is 5.32 Å². The summed E-state index contributed by atoms with van der Waals surface area (Å²) in [5.74, 6) is -0.0751. The van der Waals surface area contributed by atoms with Crippen molar-refractivity contribution in [2.45, 2.75) is 6.42 Å². The van der Waals surface area contributed by atoms with Crippen molar-refractivity contribution in [3.63, 3.8) is 0 Å². The van der Waals surface area contributed by atoms with E-state index in [2.05, 4.69) is 10.6 Å². The molecule has 4 N–H and O–H groups in total. The van der Waals surface area contributed by atoms with Gasteiger partial charge in [0.2, 0.25) is 0 Å². The molecule has 0 aliphatic carbocycles. The van der Waals surface area contributed by atoms with Crippen molar-refractivity contribution in [2.75, 3.05) is 36.7 Å². The van der Waals surface area contributed by atoms with E-state index < -0.39 is 9.84 Å². The van der Waals surface area contributed by atoms with Crippen molar-refractivity contribution < 1.29 is 13.2 Å². The van der Waals surface area contributed by atoms with Crippen LogP contribution >= 0.6 is 0 Å². The highest BCUT2D eigenvalue weighted by molar-refractivity contribution is 7.90. The summed E-state index contributed by atoms with van der Waals surface area (Å²) in [6, 6.07) is 4.92. The molecule has 106 valence electrons. The van der Waals surface area contributed by atoms with Gasteiger partial charge in [0, 0.05) is 25.4 Å². The third-order valence-corrected chi connectivity index (χ3v) is 3.58. The summed E-state index contributed by atoms with van der Waals surface area (Å²) < 4.78 is 22.0. The highest BCUT2D eigenvalue weighted by Crippen LogP contribution is 2.20. The summed E-state index contributed by atoms with van der Waals surface area (Å²) in [6.07, 6.45) is 1.69. The molecule has 0 fully saturated rings. The molecule has 0 saturated carbocycles. The number of rotatable bonds is 6. The second-order valence-corrected chi connectivity index (χ2v) is 6.55. The minimum atomic E-state index is -2.95. The number of nitrogens with one attached hydrogen (secondary N) is 2. The molecule has 1 aromatic carbocycles. The number of nitrogens with two attached hydrogens (primary N) is 1. The van der Waals surface area contributed by atoms with E-state index in [1.807, 2.05) is 0 Å². The van der Waals surface area contributed by atoms with E-state index >= 15 is 0 Å². The van der Waals surface area contributed by atoms with Crippen LogP contribution < -0.4 is 16.4 Å². The molecule has 0 radical (unpaired) electrons. The first kappa shape index (κ1) is 15.3. The largest absolute Gasteiger partial charge is 0.397 e. The topological polar surface area (TPSA) is 101 Å². The molecule has 0 aromatic heterocycles. The highest BCUT2D eigenvalue weighted by atomic mass is 32.2. The Kier molecular flexibility index (Phi) is 5.17. The summed E-state index contributed by atoms with van der Waals surface area (Å²) in [5.41, 5.74) is 7.44. The van der Waals surface area contributed by atoms with E-state index in [1.165, 1.54) is 6.26 Å². The van der Waals surface area contributed by atoms with Crippen LogP contribution in [0.2, 0.25) is 0 Å². The fourth-order valence-electron chi connectivity index (χ4n) is 1.55. The Morgan fingerprint density at radius 2 is 2.05 bits per heavy atom. The molecule has 1 amide bonds. The number of amides is 1. The molecule has 0 spiro atoms. The summed E-state index contributed by atoms with van der Waals surface area (Å²) in [6.45, 7) is 0.481. The first-order valence-corrected chi connectivity index (χ1v) is 7.93. The second-order valence-electron chi connectivity index (χ2n) is 4.29. The zero-order valence-corrected chi connectivity index (χ0v) is 11.9. The van der Waals surface area contributed by atoms with E-state index in [0.29, 0.717) is 29.9 Å². The third-order valence-electron chi connectivity index (χ3n) is 2.55. The molecule has 6 nitrogen and oxygen atoms in total. The number of hydrogen-bond donors (Lipinski definition) is 3. The Hall–Kier alpha value is -1.76. The van der Waals surface area contributed by atoms with Gasteiger partial charge in [0.25, 0.3) is 5.91 Å². The van der Waals surface area contributed by atoms with Gasteiger partial charge in [-0.2, -0.15) is 0 Å². The van der Waals surface area contributed by atoms with Crippen LogP contribution in [0.3, 0.4) is 0 Å². The Morgan fingerprint density at radius 3 is 2.63 bits per heavy atom. The Morgan fingerprint density at radius 1 is 1.37 bits per heavy atom. The maximum atomic E-state index is 11.5. The maximum Gasteiger partial charge on any atom is 0.251 e. The van der Waals surface area contributed by atoms with E-state index in [4.69, 9.17) is 5.73 Å². The molecule has 7 heteroatoms. The molecular weight excluding hydrogens is 266 g/mol. The first-order valence-electron chi connectivity index (χ1n) is 5.86. The summed E-state index contributed by atoms with van der Waals surface area (Å²) in [7, 11) is -1.40. The minimum absolute atomic E-state index is 0.120. The Bertz CT molecular complexity index is 555.